The number of aryl methyl sites for hydroxylation is 1. The Hall–Kier alpha value is -2.28. The molecule has 1 aromatic rings. The molecule has 5 nitrogen and oxygen atoms in total. The molecule has 0 amide bonds. The number of anilines is 1. The summed E-state index contributed by atoms with van der Waals surface area (Å²) in [4.78, 5) is 0. The quantitative estimate of drug-likeness (QED) is 0.499. The molecule has 0 saturated heterocycles. The minimum absolute atomic E-state index is 0.0586. The lowest BCUT2D eigenvalue weighted by atomic mass is 9.77. The summed E-state index contributed by atoms with van der Waals surface area (Å²) in [5, 5.41) is 38.0. The van der Waals surface area contributed by atoms with Crippen molar-refractivity contribution < 1.29 is 10.0 Å². The van der Waals surface area contributed by atoms with Gasteiger partial charge in [0, 0.05) is 11.9 Å². The summed E-state index contributed by atoms with van der Waals surface area (Å²) in [6, 6.07) is 8.39. The van der Waals surface area contributed by atoms with Gasteiger partial charge >= 0.3 is 7.12 Å². The molecule has 0 bridgehead atoms. The zero-order valence-corrected chi connectivity index (χ0v) is 9.18. The standard InChI is InChI=1S/C11H10BN3O2/c1-8-2-3-10(4-11(8)12(16)17)15-7-9(5-13)6-14/h2-4,7,15-17H,1H3. The van der Waals surface area contributed by atoms with E-state index in [-0.39, 0.29) is 5.57 Å². The monoisotopic (exact) mass is 227 g/mol. The Morgan fingerprint density at radius 3 is 2.53 bits per heavy atom. The molecule has 3 N–H and O–H groups in total. The Balaban J connectivity index is 2.96. The van der Waals surface area contributed by atoms with E-state index in [2.05, 4.69) is 5.32 Å². The lowest BCUT2D eigenvalue weighted by molar-refractivity contribution is 0.425. The van der Waals surface area contributed by atoms with Gasteiger partial charge in [0.1, 0.15) is 17.7 Å². The van der Waals surface area contributed by atoms with Crippen LogP contribution >= 0.6 is 0 Å². The third-order valence-corrected chi connectivity index (χ3v) is 2.18. The lowest BCUT2D eigenvalue weighted by Crippen LogP contribution is -2.32. The molecular weight excluding hydrogens is 217 g/mol. The number of allylic oxidation sites excluding steroid dienone is 1. The summed E-state index contributed by atoms with van der Waals surface area (Å²) < 4.78 is 0. The summed E-state index contributed by atoms with van der Waals surface area (Å²) in [6.07, 6.45) is 1.26. The predicted octanol–water partition coefficient (Wildman–Crippen LogP) is 0.0178. The summed E-state index contributed by atoms with van der Waals surface area (Å²) >= 11 is 0. The number of hydrogen-bond acceptors (Lipinski definition) is 5. The fourth-order valence-electron chi connectivity index (χ4n) is 1.25. The zero-order chi connectivity index (χ0) is 12.8. The normalized spacial score (nSPS) is 8.76. The van der Waals surface area contributed by atoms with Gasteiger partial charge < -0.3 is 15.4 Å². The van der Waals surface area contributed by atoms with Gasteiger partial charge in [-0.3, -0.25) is 0 Å². The van der Waals surface area contributed by atoms with Crippen LogP contribution in [0.3, 0.4) is 0 Å². The molecule has 0 spiro atoms. The molecular formula is C11H10BN3O2. The van der Waals surface area contributed by atoms with E-state index < -0.39 is 7.12 Å². The number of benzene rings is 1. The molecule has 84 valence electrons. The van der Waals surface area contributed by atoms with Gasteiger partial charge in [0.05, 0.1) is 0 Å². The van der Waals surface area contributed by atoms with Gasteiger partial charge in [-0.2, -0.15) is 10.5 Å². The van der Waals surface area contributed by atoms with E-state index in [1.54, 1.807) is 37.3 Å². The first-order valence-electron chi connectivity index (χ1n) is 4.82. The number of nitrogens with one attached hydrogen (secondary N) is 1. The fourth-order valence-corrected chi connectivity index (χ4v) is 1.25. The number of rotatable bonds is 3. The smallest absolute Gasteiger partial charge is 0.423 e. The molecule has 6 heteroatoms. The number of nitrogens with zero attached hydrogens (tertiary/aromatic N) is 2. The molecule has 0 unspecified atom stereocenters. The molecule has 1 aromatic carbocycles. The highest BCUT2D eigenvalue weighted by Crippen LogP contribution is 2.08. The summed E-state index contributed by atoms with van der Waals surface area (Å²) in [5.74, 6) is 0. The van der Waals surface area contributed by atoms with Crippen molar-refractivity contribution in [2.45, 2.75) is 6.92 Å². The van der Waals surface area contributed by atoms with Crippen LogP contribution in [0.5, 0.6) is 0 Å². The third kappa shape index (κ3) is 3.35. The highest BCUT2D eigenvalue weighted by molar-refractivity contribution is 6.59. The van der Waals surface area contributed by atoms with Crippen LogP contribution in [-0.4, -0.2) is 17.2 Å². The summed E-state index contributed by atoms with van der Waals surface area (Å²) in [6.45, 7) is 1.75. The average molecular weight is 227 g/mol. The van der Waals surface area contributed by atoms with E-state index in [1.807, 2.05) is 0 Å². The van der Waals surface area contributed by atoms with Gasteiger partial charge in [-0.1, -0.05) is 11.6 Å². The van der Waals surface area contributed by atoms with Crippen LogP contribution in [0.15, 0.2) is 30.0 Å². The molecule has 0 aliphatic carbocycles. The van der Waals surface area contributed by atoms with E-state index in [0.717, 1.165) is 5.56 Å². The molecule has 0 atom stereocenters. The Bertz CT molecular complexity index is 510. The molecule has 1 rings (SSSR count). The molecule has 17 heavy (non-hydrogen) atoms. The summed E-state index contributed by atoms with van der Waals surface area (Å²) in [7, 11) is -1.55. The first-order chi connectivity index (χ1) is 8.08. The van der Waals surface area contributed by atoms with Gasteiger partial charge in [0.15, 0.2) is 0 Å². The van der Waals surface area contributed by atoms with Gasteiger partial charge in [0.2, 0.25) is 0 Å². The Labute approximate surface area is 99.4 Å². The van der Waals surface area contributed by atoms with Gasteiger partial charge in [0.25, 0.3) is 0 Å². The molecule has 0 aliphatic heterocycles. The fraction of sp³-hybridized carbons (Fsp3) is 0.0909. The van der Waals surface area contributed by atoms with Crippen molar-refractivity contribution in [2.75, 3.05) is 5.32 Å². The van der Waals surface area contributed by atoms with Gasteiger partial charge in [-0.05, 0) is 24.5 Å². The van der Waals surface area contributed by atoms with E-state index in [4.69, 9.17) is 20.6 Å². The van der Waals surface area contributed by atoms with E-state index in [9.17, 15) is 0 Å². The van der Waals surface area contributed by atoms with E-state index in [0.29, 0.717) is 11.2 Å². The number of nitriles is 2. The highest BCUT2D eigenvalue weighted by Gasteiger charge is 2.13. The SMILES string of the molecule is Cc1ccc(NC=C(C#N)C#N)cc1B(O)O. The number of hydrogen-bond donors (Lipinski definition) is 3. The zero-order valence-electron chi connectivity index (χ0n) is 9.18. The van der Waals surface area contributed by atoms with Crippen molar-refractivity contribution in [3.8, 4) is 12.1 Å². The molecule has 0 saturated carbocycles. The first-order valence-corrected chi connectivity index (χ1v) is 4.82. The van der Waals surface area contributed by atoms with Crippen molar-refractivity contribution >= 4 is 18.3 Å². The van der Waals surface area contributed by atoms with Crippen LogP contribution in [0, 0.1) is 29.6 Å². The minimum atomic E-state index is -1.55. The molecule has 0 radical (unpaired) electrons. The average Bonchev–Trinajstić information content (AvgIpc) is 2.32. The maximum atomic E-state index is 9.11. The maximum absolute atomic E-state index is 9.11. The van der Waals surface area contributed by atoms with Crippen LogP contribution in [0.1, 0.15) is 5.56 Å². The van der Waals surface area contributed by atoms with Crippen molar-refractivity contribution in [1.82, 2.24) is 0 Å². The van der Waals surface area contributed by atoms with Crippen LogP contribution in [0.4, 0.5) is 5.69 Å². The topological polar surface area (TPSA) is 100 Å². The predicted molar refractivity (Wildman–Crippen MR) is 63.9 cm³/mol. The third-order valence-electron chi connectivity index (χ3n) is 2.18. The Morgan fingerprint density at radius 1 is 1.35 bits per heavy atom. The molecule has 0 heterocycles. The van der Waals surface area contributed by atoms with Crippen molar-refractivity contribution in [3.63, 3.8) is 0 Å². The molecule has 0 fully saturated rings. The van der Waals surface area contributed by atoms with Gasteiger partial charge in [-0.15, -0.1) is 0 Å². The van der Waals surface area contributed by atoms with Crippen LogP contribution in [0.25, 0.3) is 0 Å². The Kier molecular flexibility index (Phi) is 4.30. The second-order valence-corrected chi connectivity index (χ2v) is 3.37. The van der Waals surface area contributed by atoms with Crippen LogP contribution in [-0.2, 0) is 0 Å². The molecule has 0 aliphatic rings. The van der Waals surface area contributed by atoms with Crippen molar-refractivity contribution in [3.05, 3.63) is 35.5 Å². The maximum Gasteiger partial charge on any atom is 0.488 e. The first kappa shape index (κ1) is 12.8. The lowest BCUT2D eigenvalue weighted by Gasteiger charge is -2.07. The second kappa shape index (κ2) is 5.71. The van der Waals surface area contributed by atoms with Gasteiger partial charge in [-0.25, -0.2) is 0 Å². The van der Waals surface area contributed by atoms with E-state index >= 15 is 0 Å². The molecule has 0 aromatic heterocycles. The Morgan fingerprint density at radius 2 is 2.00 bits per heavy atom. The second-order valence-electron chi connectivity index (χ2n) is 3.37. The van der Waals surface area contributed by atoms with Crippen LogP contribution < -0.4 is 10.8 Å². The largest absolute Gasteiger partial charge is 0.488 e. The highest BCUT2D eigenvalue weighted by atomic mass is 16.4. The minimum Gasteiger partial charge on any atom is -0.423 e. The van der Waals surface area contributed by atoms with Crippen molar-refractivity contribution in [2.24, 2.45) is 0 Å². The van der Waals surface area contributed by atoms with Crippen LogP contribution in [0.2, 0.25) is 0 Å². The van der Waals surface area contributed by atoms with Crippen molar-refractivity contribution in [1.29, 1.82) is 10.5 Å². The summed E-state index contributed by atoms with van der Waals surface area (Å²) in [5.41, 5.74) is 1.63. The van der Waals surface area contributed by atoms with E-state index in [1.165, 1.54) is 6.20 Å².